The van der Waals surface area contributed by atoms with E-state index in [2.05, 4.69) is 5.32 Å². The monoisotopic (exact) mass is 227 g/mol. The Bertz CT molecular complexity index is 247. The lowest BCUT2D eigenvalue weighted by atomic mass is 9.86. The SMILES string of the molecule is C[C@@H](NC(=O)CCC1CCCCC1)C(=O)O. The van der Waals surface area contributed by atoms with Gasteiger partial charge in [-0.2, -0.15) is 0 Å². The van der Waals surface area contributed by atoms with Crippen molar-refractivity contribution in [3.63, 3.8) is 0 Å². The number of rotatable bonds is 5. The molecule has 2 N–H and O–H groups in total. The molecule has 1 atom stereocenters. The Balaban J connectivity index is 2.16. The summed E-state index contributed by atoms with van der Waals surface area (Å²) >= 11 is 0. The number of carbonyl (C=O) groups is 2. The topological polar surface area (TPSA) is 66.4 Å². The second-order valence-corrected chi connectivity index (χ2v) is 4.67. The highest BCUT2D eigenvalue weighted by atomic mass is 16.4. The van der Waals surface area contributed by atoms with Crippen LogP contribution in [0.4, 0.5) is 0 Å². The molecule has 16 heavy (non-hydrogen) atoms. The highest BCUT2D eigenvalue weighted by Gasteiger charge is 2.17. The van der Waals surface area contributed by atoms with Crippen LogP contribution in [-0.4, -0.2) is 23.0 Å². The van der Waals surface area contributed by atoms with Gasteiger partial charge in [-0.15, -0.1) is 0 Å². The molecule has 0 saturated heterocycles. The van der Waals surface area contributed by atoms with Crippen molar-refractivity contribution in [3.05, 3.63) is 0 Å². The van der Waals surface area contributed by atoms with Gasteiger partial charge >= 0.3 is 5.97 Å². The molecule has 0 aromatic carbocycles. The molecule has 1 aliphatic carbocycles. The minimum atomic E-state index is -0.981. The summed E-state index contributed by atoms with van der Waals surface area (Å²) in [7, 11) is 0. The molecule has 0 aromatic rings. The molecule has 0 heterocycles. The van der Waals surface area contributed by atoms with E-state index in [0.29, 0.717) is 12.3 Å². The van der Waals surface area contributed by atoms with E-state index in [1.54, 1.807) is 0 Å². The Morgan fingerprint density at radius 1 is 1.31 bits per heavy atom. The number of hydrogen-bond donors (Lipinski definition) is 2. The van der Waals surface area contributed by atoms with Gasteiger partial charge < -0.3 is 10.4 Å². The predicted molar refractivity (Wildman–Crippen MR) is 61.0 cm³/mol. The lowest BCUT2D eigenvalue weighted by molar-refractivity contribution is -0.141. The van der Waals surface area contributed by atoms with Crippen LogP contribution in [0.25, 0.3) is 0 Å². The van der Waals surface area contributed by atoms with Crippen LogP contribution in [0, 0.1) is 5.92 Å². The number of hydrogen-bond acceptors (Lipinski definition) is 2. The maximum absolute atomic E-state index is 11.4. The third-order valence-electron chi connectivity index (χ3n) is 3.25. The van der Waals surface area contributed by atoms with E-state index in [1.807, 2.05) is 0 Å². The van der Waals surface area contributed by atoms with E-state index in [9.17, 15) is 9.59 Å². The second-order valence-electron chi connectivity index (χ2n) is 4.67. The summed E-state index contributed by atoms with van der Waals surface area (Å²) in [5.41, 5.74) is 0. The highest BCUT2D eigenvalue weighted by Crippen LogP contribution is 2.27. The first-order valence-corrected chi connectivity index (χ1v) is 6.11. The maximum Gasteiger partial charge on any atom is 0.325 e. The summed E-state index contributed by atoms with van der Waals surface area (Å²) < 4.78 is 0. The van der Waals surface area contributed by atoms with Crippen molar-refractivity contribution in [2.45, 2.75) is 57.9 Å². The normalized spacial score (nSPS) is 19.1. The highest BCUT2D eigenvalue weighted by molar-refractivity contribution is 5.83. The van der Waals surface area contributed by atoms with Gasteiger partial charge in [0, 0.05) is 6.42 Å². The third-order valence-corrected chi connectivity index (χ3v) is 3.25. The Labute approximate surface area is 96.4 Å². The lowest BCUT2D eigenvalue weighted by Gasteiger charge is -2.21. The van der Waals surface area contributed by atoms with E-state index in [1.165, 1.54) is 39.0 Å². The van der Waals surface area contributed by atoms with Crippen LogP contribution in [0.3, 0.4) is 0 Å². The van der Waals surface area contributed by atoms with Gasteiger partial charge in [0.05, 0.1) is 0 Å². The van der Waals surface area contributed by atoms with Gasteiger partial charge in [0.2, 0.25) is 5.91 Å². The van der Waals surface area contributed by atoms with Gasteiger partial charge in [-0.25, -0.2) is 0 Å². The smallest absolute Gasteiger partial charge is 0.325 e. The van der Waals surface area contributed by atoms with Crippen molar-refractivity contribution < 1.29 is 14.7 Å². The van der Waals surface area contributed by atoms with Crippen molar-refractivity contribution in [2.75, 3.05) is 0 Å². The number of carboxylic acid groups (broad SMARTS) is 1. The first kappa shape index (κ1) is 13.0. The first-order chi connectivity index (χ1) is 7.59. The van der Waals surface area contributed by atoms with Gasteiger partial charge in [0.1, 0.15) is 6.04 Å². The van der Waals surface area contributed by atoms with E-state index >= 15 is 0 Å². The van der Waals surface area contributed by atoms with Crippen molar-refractivity contribution in [1.82, 2.24) is 5.32 Å². The molecule has 0 spiro atoms. The molecule has 0 radical (unpaired) electrons. The maximum atomic E-state index is 11.4. The molecule has 1 rings (SSSR count). The minimum absolute atomic E-state index is 0.138. The predicted octanol–water partition coefficient (Wildman–Crippen LogP) is 1.94. The summed E-state index contributed by atoms with van der Waals surface area (Å²) in [6.45, 7) is 1.49. The Kier molecular flexibility index (Phi) is 5.29. The zero-order chi connectivity index (χ0) is 12.0. The Morgan fingerprint density at radius 2 is 1.94 bits per heavy atom. The van der Waals surface area contributed by atoms with Gasteiger partial charge in [0.25, 0.3) is 0 Å². The van der Waals surface area contributed by atoms with Crippen LogP contribution in [0.15, 0.2) is 0 Å². The van der Waals surface area contributed by atoms with Crippen molar-refractivity contribution >= 4 is 11.9 Å². The number of aliphatic carboxylic acids is 1. The third kappa shape index (κ3) is 4.64. The van der Waals surface area contributed by atoms with Gasteiger partial charge in [0.15, 0.2) is 0 Å². The zero-order valence-electron chi connectivity index (χ0n) is 9.87. The minimum Gasteiger partial charge on any atom is -0.480 e. The summed E-state index contributed by atoms with van der Waals surface area (Å²) in [6.07, 6.45) is 7.68. The summed E-state index contributed by atoms with van der Waals surface area (Å²) in [5, 5.41) is 11.1. The van der Waals surface area contributed by atoms with Crippen LogP contribution >= 0.6 is 0 Å². The van der Waals surface area contributed by atoms with Crippen molar-refractivity contribution in [1.29, 1.82) is 0 Å². The van der Waals surface area contributed by atoms with E-state index in [-0.39, 0.29) is 5.91 Å². The number of amides is 1. The Hall–Kier alpha value is -1.06. The largest absolute Gasteiger partial charge is 0.480 e. The fraction of sp³-hybridized carbons (Fsp3) is 0.833. The molecular weight excluding hydrogens is 206 g/mol. The average molecular weight is 227 g/mol. The zero-order valence-corrected chi connectivity index (χ0v) is 9.87. The average Bonchev–Trinajstić information content (AvgIpc) is 2.27. The molecule has 1 amide bonds. The molecule has 1 aliphatic rings. The number of carbonyl (C=O) groups excluding carboxylic acids is 1. The number of nitrogens with one attached hydrogen (secondary N) is 1. The quantitative estimate of drug-likeness (QED) is 0.754. The molecule has 0 bridgehead atoms. The van der Waals surface area contributed by atoms with Crippen LogP contribution in [0.2, 0.25) is 0 Å². The summed E-state index contributed by atoms with van der Waals surface area (Å²) in [5.74, 6) is -0.453. The molecule has 0 aromatic heterocycles. The molecular formula is C12H21NO3. The fourth-order valence-electron chi connectivity index (χ4n) is 2.19. The molecule has 0 unspecified atom stereocenters. The van der Waals surface area contributed by atoms with Gasteiger partial charge in [-0.05, 0) is 19.3 Å². The van der Waals surface area contributed by atoms with Crippen molar-refractivity contribution in [2.24, 2.45) is 5.92 Å². The van der Waals surface area contributed by atoms with E-state index in [4.69, 9.17) is 5.11 Å². The first-order valence-electron chi connectivity index (χ1n) is 6.11. The summed E-state index contributed by atoms with van der Waals surface area (Å²) in [4.78, 5) is 22.0. The van der Waals surface area contributed by atoms with Gasteiger partial charge in [-0.3, -0.25) is 9.59 Å². The lowest BCUT2D eigenvalue weighted by Crippen LogP contribution is -2.38. The molecule has 92 valence electrons. The molecule has 1 saturated carbocycles. The van der Waals surface area contributed by atoms with Crippen LogP contribution < -0.4 is 5.32 Å². The van der Waals surface area contributed by atoms with Crippen LogP contribution in [0.5, 0.6) is 0 Å². The van der Waals surface area contributed by atoms with Crippen molar-refractivity contribution in [3.8, 4) is 0 Å². The second kappa shape index (κ2) is 6.51. The molecule has 0 aliphatic heterocycles. The van der Waals surface area contributed by atoms with Gasteiger partial charge in [-0.1, -0.05) is 32.1 Å². The standard InChI is InChI=1S/C12H21NO3/c1-9(12(15)16)13-11(14)8-7-10-5-3-2-4-6-10/h9-10H,2-8H2,1H3,(H,13,14)(H,15,16)/t9-/m1/s1. The fourth-order valence-corrected chi connectivity index (χ4v) is 2.19. The van der Waals surface area contributed by atoms with Crippen LogP contribution in [0.1, 0.15) is 51.9 Å². The summed E-state index contributed by atoms with van der Waals surface area (Å²) in [6, 6.07) is -0.779. The Morgan fingerprint density at radius 3 is 2.50 bits per heavy atom. The molecule has 4 heteroatoms. The van der Waals surface area contributed by atoms with E-state index < -0.39 is 12.0 Å². The van der Waals surface area contributed by atoms with Crippen LogP contribution in [-0.2, 0) is 9.59 Å². The van der Waals surface area contributed by atoms with E-state index in [0.717, 1.165) is 6.42 Å². The molecule has 4 nitrogen and oxygen atoms in total. The number of carboxylic acids is 1. The molecule has 1 fully saturated rings.